The first kappa shape index (κ1) is 20.7. The summed E-state index contributed by atoms with van der Waals surface area (Å²) < 4.78 is 33.5. The molecule has 1 aliphatic heterocycles. The maximum Gasteiger partial charge on any atom is 0.408 e. The normalized spacial score (nSPS) is 21.1. The lowest BCUT2D eigenvalue weighted by molar-refractivity contribution is -0.135. The summed E-state index contributed by atoms with van der Waals surface area (Å²) in [5.74, 6) is -0.329. The molecule has 0 aromatic carbocycles. The summed E-state index contributed by atoms with van der Waals surface area (Å²) in [6.45, 7) is 7.31. The predicted molar refractivity (Wildman–Crippen MR) is 89.5 cm³/mol. The van der Waals surface area contributed by atoms with E-state index in [4.69, 9.17) is 9.47 Å². The number of hydrogen-bond acceptors (Lipinski definition) is 6. The number of ether oxygens (including phenoxy) is 2. The second-order valence-electron chi connectivity index (χ2n) is 6.95. The molecule has 8 nitrogen and oxygen atoms in total. The minimum Gasteiger partial charge on any atom is -0.444 e. The van der Waals surface area contributed by atoms with E-state index in [-0.39, 0.29) is 30.0 Å². The Labute approximate surface area is 143 Å². The number of nitrogens with one attached hydrogen (secondary N) is 1. The molecule has 0 aromatic heterocycles. The van der Waals surface area contributed by atoms with Crippen LogP contribution in [0, 0.1) is 0 Å². The van der Waals surface area contributed by atoms with Gasteiger partial charge in [-0.05, 0) is 34.1 Å². The van der Waals surface area contributed by atoms with E-state index in [1.807, 2.05) is 0 Å². The Bertz CT molecular complexity index is 555. The van der Waals surface area contributed by atoms with E-state index >= 15 is 0 Å². The van der Waals surface area contributed by atoms with Gasteiger partial charge in [0.15, 0.2) is 9.84 Å². The molecule has 1 aliphatic rings. The SMILES string of the molecule is COCCN(C(=O)C(C)NC(=O)OC(C)(C)C)C1CCS(=O)(=O)C1. The highest BCUT2D eigenvalue weighted by Crippen LogP contribution is 2.18. The van der Waals surface area contributed by atoms with Crippen LogP contribution in [-0.2, 0) is 24.1 Å². The number of amides is 2. The summed E-state index contributed by atoms with van der Waals surface area (Å²) in [5.41, 5.74) is -0.665. The third-order valence-corrected chi connectivity index (χ3v) is 5.32. The van der Waals surface area contributed by atoms with Crippen LogP contribution in [0.2, 0.25) is 0 Å². The van der Waals surface area contributed by atoms with Gasteiger partial charge in [-0.2, -0.15) is 0 Å². The van der Waals surface area contributed by atoms with Gasteiger partial charge in [-0.1, -0.05) is 0 Å². The maximum absolute atomic E-state index is 12.7. The molecule has 0 aromatic rings. The van der Waals surface area contributed by atoms with Gasteiger partial charge in [0, 0.05) is 19.7 Å². The van der Waals surface area contributed by atoms with Gasteiger partial charge < -0.3 is 19.7 Å². The minimum atomic E-state index is -3.12. The van der Waals surface area contributed by atoms with Crippen LogP contribution in [0.3, 0.4) is 0 Å². The van der Waals surface area contributed by atoms with Crippen LogP contribution >= 0.6 is 0 Å². The fourth-order valence-corrected chi connectivity index (χ4v) is 4.21. The summed E-state index contributed by atoms with van der Waals surface area (Å²) >= 11 is 0. The molecule has 0 bridgehead atoms. The third kappa shape index (κ3) is 6.64. The zero-order valence-corrected chi connectivity index (χ0v) is 15.8. The van der Waals surface area contributed by atoms with E-state index in [9.17, 15) is 18.0 Å². The average molecular weight is 364 g/mol. The number of nitrogens with zero attached hydrogens (tertiary/aromatic N) is 1. The molecular weight excluding hydrogens is 336 g/mol. The average Bonchev–Trinajstić information content (AvgIpc) is 2.76. The van der Waals surface area contributed by atoms with Crippen LogP contribution in [0.1, 0.15) is 34.1 Å². The number of sulfone groups is 1. The second-order valence-corrected chi connectivity index (χ2v) is 9.18. The Morgan fingerprint density at radius 3 is 2.42 bits per heavy atom. The van der Waals surface area contributed by atoms with Gasteiger partial charge >= 0.3 is 6.09 Å². The summed E-state index contributed by atoms with van der Waals surface area (Å²) in [7, 11) is -1.61. The highest BCUT2D eigenvalue weighted by molar-refractivity contribution is 7.91. The number of methoxy groups -OCH3 is 1. The molecule has 1 N–H and O–H groups in total. The minimum absolute atomic E-state index is 0.0540. The Morgan fingerprint density at radius 1 is 1.33 bits per heavy atom. The molecule has 0 aliphatic carbocycles. The lowest BCUT2D eigenvalue weighted by atomic mass is 10.2. The number of hydrogen-bond donors (Lipinski definition) is 1. The molecule has 24 heavy (non-hydrogen) atoms. The van der Waals surface area contributed by atoms with Crippen molar-refractivity contribution < 1.29 is 27.5 Å². The van der Waals surface area contributed by atoms with Crippen molar-refractivity contribution in [3.63, 3.8) is 0 Å². The first-order chi connectivity index (χ1) is 10.9. The van der Waals surface area contributed by atoms with Gasteiger partial charge in [-0.25, -0.2) is 13.2 Å². The molecule has 1 fully saturated rings. The Kier molecular flexibility index (Phi) is 7.03. The third-order valence-electron chi connectivity index (χ3n) is 3.57. The van der Waals surface area contributed by atoms with Gasteiger partial charge in [0.25, 0.3) is 0 Å². The molecule has 0 spiro atoms. The van der Waals surface area contributed by atoms with Crippen LogP contribution in [0.15, 0.2) is 0 Å². The molecule has 2 unspecified atom stereocenters. The summed E-state index contributed by atoms with van der Waals surface area (Å²) in [6.07, 6.45) is -0.286. The van der Waals surface area contributed by atoms with E-state index in [2.05, 4.69) is 5.32 Å². The van der Waals surface area contributed by atoms with Crippen LogP contribution in [0.4, 0.5) is 4.79 Å². The van der Waals surface area contributed by atoms with Crippen LogP contribution in [0.5, 0.6) is 0 Å². The topological polar surface area (TPSA) is 102 Å². The molecule has 2 atom stereocenters. The summed E-state index contributed by atoms with van der Waals surface area (Å²) in [6, 6.07) is -1.21. The Hall–Kier alpha value is -1.35. The van der Waals surface area contributed by atoms with E-state index in [0.717, 1.165) is 0 Å². The van der Waals surface area contributed by atoms with Crippen molar-refractivity contribution in [2.45, 2.75) is 51.8 Å². The van der Waals surface area contributed by atoms with Gasteiger partial charge in [0.2, 0.25) is 5.91 Å². The van der Waals surface area contributed by atoms with Crippen molar-refractivity contribution in [1.82, 2.24) is 10.2 Å². The van der Waals surface area contributed by atoms with Crippen molar-refractivity contribution in [1.29, 1.82) is 0 Å². The smallest absolute Gasteiger partial charge is 0.408 e. The Morgan fingerprint density at radius 2 is 1.96 bits per heavy atom. The maximum atomic E-state index is 12.7. The van der Waals surface area contributed by atoms with Crippen molar-refractivity contribution in [3.05, 3.63) is 0 Å². The predicted octanol–water partition coefficient (Wildman–Crippen LogP) is 0.562. The molecule has 0 saturated carbocycles. The molecule has 0 radical (unpaired) electrons. The van der Waals surface area contributed by atoms with Crippen molar-refractivity contribution in [3.8, 4) is 0 Å². The van der Waals surface area contributed by atoms with Crippen LogP contribution in [-0.4, -0.2) is 74.8 Å². The number of alkyl carbamates (subject to hydrolysis) is 1. The van der Waals surface area contributed by atoms with Gasteiger partial charge in [-0.3, -0.25) is 4.79 Å². The number of carbonyl (C=O) groups excluding carboxylic acids is 2. The molecule has 1 saturated heterocycles. The highest BCUT2D eigenvalue weighted by Gasteiger charge is 2.36. The number of rotatable bonds is 6. The second kappa shape index (κ2) is 8.15. The lowest BCUT2D eigenvalue weighted by Gasteiger charge is -2.31. The van der Waals surface area contributed by atoms with Crippen molar-refractivity contribution >= 4 is 21.8 Å². The first-order valence-corrected chi connectivity index (χ1v) is 9.76. The van der Waals surface area contributed by atoms with E-state index in [1.54, 1.807) is 27.7 Å². The van der Waals surface area contributed by atoms with E-state index in [1.165, 1.54) is 12.0 Å². The quantitative estimate of drug-likeness (QED) is 0.739. The summed E-state index contributed by atoms with van der Waals surface area (Å²) in [5, 5.41) is 2.49. The lowest BCUT2D eigenvalue weighted by Crippen LogP contribution is -2.52. The van der Waals surface area contributed by atoms with Gasteiger partial charge in [-0.15, -0.1) is 0 Å². The van der Waals surface area contributed by atoms with E-state index < -0.39 is 27.6 Å². The standard InChI is InChI=1S/C15H28N2O6S/c1-11(16-14(19)23-15(2,3)4)13(18)17(7-8-22-5)12-6-9-24(20,21)10-12/h11-12H,6-10H2,1-5H3,(H,16,19). The zero-order chi connectivity index (χ0) is 18.5. The summed E-state index contributed by atoms with van der Waals surface area (Å²) in [4.78, 5) is 25.9. The monoisotopic (exact) mass is 364 g/mol. The van der Waals surface area contributed by atoms with E-state index in [0.29, 0.717) is 13.0 Å². The molecule has 2 amide bonds. The van der Waals surface area contributed by atoms with Crippen LogP contribution in [0.25, 0.3) is 0 Å². The molecular formula is C15H28N2O6S. The zero-order valence-electron chi connectivity index (χ0n) is 15.0. The fourth-order valence-electron chi connectivity index (χ4n) is 2.48. The van der Waals surface area contributed by atoms with Crippen molar-refractivity contribution in [2.24, 2.45) is 0 Å². The van der Waals surface area contributed by atoms with Crippen LogP contribution < -0.4 is 5.32 Å². The fraction of sp³-hybridized carbons (Fsp3) is 0.867. The number of carbonyl (C=O) groups is 2. The van der Waals surface area contributed by atoms with Gasteiger partial charge in [0.1, 0.15) is 11.6 Å². The van der Waals surface area contributed by atoms with Crippen molar-refractivity contribution in [2.75, 3.05) is 31.8 Å². The van der Waals surface area contributed by atoms with Gasteiger partial charge in [0.05, 0.1) is 18.1 Å². The molecule has 1 rings (SSSR count). The molecule has 140 valence electrons. The molecule has 9 heteroatoms. The largest absolute Gasteiger partial charge is 0.444 e. The Balaban J connectivity index is 2.74. The highest BCUT2D eigenvalue weighted by atomic mass is 32.2. The first-order valence-electron chi connectivity index (χ1n) is 7.94. The molecule has 1 heterocycles.